The van der Waals surface area contributed by atoms with Gasteiger partial charge in [-0.05, 0) is 89.5 Å². The molecule has 0 spiro atoms. The van der Waals surface area contributed by atoms with E-state index in [1.165, 1.54) is 12.0 Å². The van der Waals surface area contributed by atoms with Crippen LogP contribution in [-0.2, 0) is 27.7 Å². The van der Waals surface area contributed by atoms with Crippen LogP contribution in [-0.4, -0.2) is 63.3 Å². The molecule has 2 amide bonds. The van der Waals surface area contributed by atoms with E-state index in [0.717, 1.165) is 36.0 Å². The van der Waals surface area contributed by atoms with Crippen LogP contribution in [0.1, 0.15) is 45.9 Å². The van der Waals surface area contributed by atoms with Gasteiger partial charge in [-0.1, -0.05) is 30.3 Å². The lowest BCUT2D eigenvalue weighted by atomic mass is 9.86. The van der Waals surface area contributed by atoms with Crippen LogP contribution in [0.4, 0.5) is 5.69 Å². The zero-order chi connectivity index (χ0) is 31.4. The Labute approximate surface area is 258 Å². The molecular formula is C34H36N4O5S. The van der Waals surface area contributed by atoms with Crippen LogP contribution < -0.4 is 9.46 Å². The maximum atomic E-state index is 13.8. The molecule has 0 radical (unpaired) electrons. The normalized spacial score (nSPS) is 14.3. The smallest absolute Gasteiger partial charge is 0.265 e. The number of carbonyl (C=O) groups is 2. The van der Waals surface area contributed by atoms with Crippen LogP contribution in [0.25, 0.3) is 11.1 Å². The molecular weight excluding hydrogens is 576 g/mol. The first-order chi connectivity index (χ1) is 21.1. The number of likely N-dealkylation sites (N-methyl/N-ethyl adjacent to an activating group) is 1. The van der Waals surface area contributed by atoms with Gasteiger partial charge in [0.15, 0.2) is 0 Å². The van der Waals surface area contributed by atoms with E-state index in [9.17, 15) is 18.0 Å². The summed E-state index contributed by atoms with van der Waals surface area (Å²) in [5, 5.41) is 0. The molecule has 1 atom stereocenters. The van der Waals surface area contributed by atoms with Crippen LogP contribution >= 0.6 is 0 Å². The highest BCUT2D eigenvalue weighted by Gasteiger charge is 2.28. The van der Waals surface area contributed by atoms with Gasteiger partial charge in [0.05, 0.1) is 19.6 Å². The van der Waals surface area contributed by atoms with E-state index in [1.54, 1.807) is 80.9 Å². The van der Waals surface area contributed by atoms with Crippen molar-refractivity contribution >= 4 is 27.5 Å². The second-order valence-corrected chi connectivity index (χ2v) is 12.8. The minimum Gasteiger partial charge on any atom is -0.495 e. The minimum absolute atomic E-state index is 0.0279. The highest BCUT2D eigenvalue weighted by Crippen LogP contribution is 2.37. The van der Waals surface area contributed by atoms with E-state index < -0.39 is 10.0 Å². The number of hydrogen-bond acceptors (Lipinski definition) is 6. The number of methoxy groups -OCH3 is 1. The fourth-order valence-corrected chi connectivity index (χ4v) is 6.83. The Hall–Kier alpha value is -4.70. The Kier molecular flexibility index (Phi) is 9.01. The highest BCUT2D eigenvalue weighted by atomic mass is 32.2. The second kappa shape index (κ2) is 12.9. The van der Waals surface area contributed by atoms with E-state index in [0.29, 0.717) is 22.4 Å². The third-order valence-corrected chi connectivity index (χ3v) is 9.32. The predicted octanol–water partition coefficient (Wildman–Crippen LogP) is 5.34. The molecule has 0 saturated carbocycles. The molecule has 228 valence electrons. The van der Waals surface area contributed by atoms with Gasteiger partial charge in [-0.25, -0.2) is 8.42 Å². The van der Waals surface area contributed by atoms with Gasteiger partial charge in [0, 0.05) is 44.8 Å². The summed E-state index contributed by atoms with van der Waals surface area (Å²) in [6.45, 7) is 0. The summed E-state index contributed by atoms with van der Waals surface area (Å²) in [6.07, 6.45) is 6.17. The topological polar surface area (TPSA) is 109 Å². The zero-order valence-corrected chi connectivity index (χ0v) is 26.1. The van der Waals surface area contributed by atoms with Crippen LogP contribution in [0.5, 0.6) is 5.75 Å². The third-order valence-electron chi connectivity index (χ3n) is 7.92. The van der Waals surface area contributed by atoms with Gasteiger partial charge < -0.3 is 14.5 Å². The van der Waals surface area contributed by atoms with Gasteiger partial charge in [-0.2, -0.15) is 0 Å². The fourth-order valence-electron chi connectivity index (χ4n) is 5.58. The van der Waals surface area contributed by atoms with E-state index in [4.69, 9.17) is 4.74 Å². The summed E-state index contributed by atoms with van der Waals surface area (Å²) in [5.41, 5.74) is 5.09. The number of fused-ring (bicyclic) bond motifs is 1. The van der Waals surface area contributed by atoms with Crippen LogP contribution in [0.2, 0.25) is 0 Å². The number of ether oxygens (including phenoxy) is 1. The molecule has 1 N–H and O–H groups in total. The first-order valence-electron chi connectivity index (χ1n) is 14.4. The predicted molar refractivity (Wildman–Crippen MR) is 170 cm³/mol. The largest absolute Gasteiger partial charge is 0.495 e. The highest BCUT2D eigenvalue weighted by molar-refractivity contribution is 7.92. The lowest BCUT2D eigenvalue weighted by molar-refractivity contribution is -0.131. The van der Waals surface area contributed by atoms with Crippen molar-refractivity contribution in [2.45, 2.75) is 36.6 Å². The van der Waals surface area contributed by atoms with Gasteiger partial charge in [-0.15, -0.1) is 0 Å². The molecule has 0 bridgehead atoms. The Morgan fingerprint density at radius 2 is 1.77 bits per heavy atom. The van der Waals surface area contributed by atoms with Crippen molar-refractivity contribution in [2.75, 3.05) is 33.0 Å². The Balaban J connectivity index is 1.43. The summed E-state index contributed by atoms with van der Waals surface area (Å²) in [6, 6.07) is 21.0. The average molecular weight is 613 g/mol. The lowest BCUT2D eigenvalue weighted by Gasteiger charge is -2.34. The molecule has 1 aliphatic rings. The molecule has 9 nitrogen and oxygen atoms in total. The summed E-state index contributed by atoms with van der Waals surface area (Å²) in [4.78, 5) is 33.0. The molecule has 0 aliphatic heterocycles. The first kappa shape index (κ1) is 30.7. The van der Waals surface area contributed by atoms with E-state index in [-0.39, 0.29) is 34.9 Å². The van der Waals surface area contributed by atoms with E-state index in [1.807, 2.05) is 30.3 Å². The number of hydrogen-bond donors (Lipinski definition) is 1. The SMILES string of the molecule is COc1ccc(-c2cccc(C(=O)N(C)C)c2)cc1S(=O)(=O)Nc1ccc2c(c1)C(N(C)C(=O)Cc1cccnc1)CCC2. The number of aryl methyl sites for hydroxylation is 1. The summed E-state index contributed by atoms with van der Waals surface area (Å²) >= 11 is 0. The Morgan fingerprint density at radius 3 is 2.50 bits per heavy atom. The van der Waals surface area contributed by atoms with E-state index >= 15 is 0 Å². The van der Waals surface area contributed by atoms with E-state index in [2.05, 4.69) is 9.71 Å². The maximum Gasteiger partial charge on any atom is 0.265 e. The van der Waals surface area contributed by atoms with Crippen LogP contribution in [0.3, 0.4) is 0 Å². The molecule has 0 saturated heterocycles. The number of carbonyl (C=O) groups excluding carboxylic acids is 2. The molecule has 44 heavy (non-hydrogen) atoms. The molecule has 10 heteroatoms. The number of anilines is 1. The molecule has 4 aromatic rings. The van der Waals surface area contributed by atoms with Crippen molar-refractivity contribution in [1.29, 1.82) is 0 Å². The van der Waals surface area contributed by atoms with Crippen LogP contribution in [0.15, 0.2) is 90.1 Å². The Morgan fingerprint density at radius 1 is 0.977 bits per heavy atom. The van der Waals surface area contributed by atoms with Crippen molar-refractivity contribution in [2.24, 2.45) is 0 Å². The summed E-state index contributed by atoms with van der Waals surface area (Å²) in [5.74, 6) is 0.0167. The number of nitrogens with zero attached hydrogens (tertiary/aromatic N) is 3. The Bertz CT molecular complexity index is 1790. The number of aromatic nitrogens is 1. The van der Waals surface area contributed by atoms with Crippen molar-refractivity contribution in [3.63, 3.8) is 0 Å². The molecule has 0 fully saturated rings. The minimum atomic E-state index is -4.09. The van der Waals surface area contributed by atoms with Gasteiger partial charge in [0.2, 0.25) is 5.91 Å². The molecule has 3 aromatic carbocycles. The molecule has 1 heterocycles. The van der Waals surface area contributed by atoms with Gasteiger partial charge >= 0.3 is 0 Å². The monoisotopic (exact) mass is 612 g/mol. The number of benzene rings is 3. The summed E-state index contributed by atoms with van der Waals surface area (Å²) in [7, 11) is 2.50. The van der Waals surface area contributed by atoms with Crippen molar-refractivity contribution in [1.82, 2.24) is 14.8 Å². The van der Waals surface area contributed by atoms with Crippen molar-refractivity contribution < 1.29 is 22.7 Å². The van der Waals surface area contributed by atoms with Gasteiger partial charge in [0.25, 0.3) is 15.9 Å². The fraction of sp³-hybridized carbons (Fsp3) is 0.265. The number of rotatable bonds is 9. The standard InChI is InChI=1S/C34H36N4O5S/c1-37(2)34(40)27-11-5-10-25(19-27)26-14-16-31(43-4)32(20-26)44(41,42)36-28-15-13-24-9-6-12-30(29(24)21-28)38(3)33(39)18-23-8-7-17-35-22-23/h5,7-8,10-11,13-17,19-22,30,36H,6,9,12,18H2,1-4H3. The molecule has 1 aromatic heterocycles. The first-order valence-corrected chi connectivity index (χ1v) is 15.9. The number of pyridine rings is 1. The van der Waals surface area contributed by atoms with Crippen molar-refractivity contribution in [3.8, 4) is 16.9 Å². The molecule has 1 aliphatic carbocycles. The van der Waals surface area contributed by atoms with Crippen LogP contribution in [0, 0.1) is 0 Å². The van der Waals surface area contributed by atoms with Crippen molar-refractivity contribution in [3.05, 3.63) is 107 Å². The summed E-state index contributed by atoms with van der Waals surface area (Å²) < 4.78 is 35.8. The quantitative estimate of drug-likeness (QED) is 0.274. The number of nitrogens with one attached hydrogen (secondary N) is 1. The maximum absolute atomic E-state index is 13.8. The molecule has 5 rings (SSSR count). The van der Waals surface area contributed by atoms with Gasteiger partial charge in [-0.3, -0.25) is 19.3 Å². The van der Waals surface area contributed by atoms with Gasteiger partial charge in [0.1, 0.15) is 10.6 Å². The lowest BCUT2D eigenvalue weighted by Crippen LogP contribution is -2.34. The number of amides is 2. The average Bonchev–Trinajstić information content (AvgIpc) is 3.03. The number of sulfonamides is 1. The third kappa shape index (κ3) is 6.60. The molecule has 1 unspecified atom stereocenters. The second-order valence-electron chi connectivity index (χ2n) is 11.1. The zero-order valence-electron chi connectivity index (χ0n) is 25.3.